The first kappa shape index (κ1) is 12.9. The van der Waals surface area contributed by atoms with Crippen LogP contribution in [0.25, 0.3) is 0 Å². The van der Waals surface area contributed by atoms with Crippen molar-refractivity contribution in [3.05, 3.63) is 30.3 Å². The van der Waals surface area contributed by atoms with Crippen LogP contribution >= 0.6 is 0 Å². The lowest BCUT2D eigenvalue weighted by molar-refractivity contribution is 0.142. The Bertz CT molecular complexity index is 376. The van der Waals surface area contributed by atoms with Crippen LogP contribution in [0.4, 0.5) is 5.69 Å². The van der Waals surface area contributed by atoms with E-state index in [2.05, 4.69) is 40.1 Å². The lowest BCUT2D eigenvalue weighted by atomic mass is 9.90. The molecule has 1 heterocycles. The molecule has 0 radical (unpaired) electrons. The maximum Gasteiger partial charge on any atom is 0.0367 e. The molecule has 3 nitrogen and oxygen atoms in total. The fraction of sp³-hybridized carbons (Fsp3) is 0.625. The third-order valence-electron chi connectivity index (χ3n) is 4.69. The van der Waals surface area contributed by atoms with Gasteiger partial charge in [0.1, 0.15) is 0 Å². The molecule has 104 valence electrons. The Morgan fingerprint density at radius 2 is 1.47 bits per heavy atom. The maximum absolute atomic E-state index is 6.00. The average Bonchev–Trinajstić information content (AvgIpc) is 2.49. The van der Waals surface area contributed by atoms with Crippen molar-refractivity contribution in [1.29, 1.82) is 0 Å². The van der Waals surface area contributed by atoms with Gasteiger partial charge in [-0.2, -0.15) is 0 Å². The minimum atomic E-state index is 0.460. The van der Waals surface area contributed by atoms with E-state index in [0.717, 1.165) is 19.1 Å². The van der Waals surface area contributed by atoms with E-state index in [1.165, 1.54) is 44.5 Å². The van der Waals surface area contributed by atoms with Crippen LogP contribution in [0.5, 0.6) is 0 Å². The number of anilines is 1. The number of rotatable bonds is 2. The monoisotopic (exact) mass is 259 g/mol. The zero-order valence-electron chi connectivity index (χ0n) is 11.7. The second-order valence-electron chi connectivity index (χ2n) is 5.93. The summed E-state index contributed by atoms with van der Waals surface area (Å²) in [6.07, 6.45) is 5.02. The van der Waals surface area contributed by atoms with Gasteiger partial charge in [0.05, 0.1) is 0 Å². The summed E-state index contributed by atoms with van der Waals surface area (Å²) >= 11 is 0. The number of benzene rings is 1. The number of para-hydroxylation sites is 1. The molecule has 2 N–H and O–H groups in total. The quantitative estimate of drug-likeness (QED) is 0.882. The van der Waals surface area contributed by atoms with Crippen LogP contribution in [0.15, 0.2) is 30.3 Å². The number of nitrogens with zero attached hydrogens (tertiary/aromatic N) is 2. The summed E-state index contributed by atoms with van der Waals surface area (Å²) in [6.45, 7) is 4.72. The Kier molecular flexibility index (Phi) is 4.04. The van der Waals surface area contributed by atoms with Crippen molar-refractivity contribution < 1.29 is 0 Å². The fourth-order valence-corrected chi connectivity index (χ4v) is 3.45. The molecule has 0 aromatic heterocycles. The van der Waals surface area contributed by atoms with Crippen molar-refractivity contribution in [2.45, 2.75) is 37.8 Å². The minimum Gasteiger partial charge on any atom is -0.369 e. The van der Waals surface area contributed by atoms with E-state index < -0.39 is 0 Å². The molecule has 2 aliphatic rings. The van der Waals surface area contributed by atoms with Crippen LogP contribution in [-0.2, 0) is 0 Å². The molecule has 0 bridgehead atoms. The first-order valence-corrected chi connectivity index (χ1v) is 7.62. The van der Waals surface area contributed by atoms with Crippen LogP contribution in [0.3, 0.4) is 0 Å². The predicted molar refractivity (Wildman–Crippen MR) is 80.5 cm³/mol. The predicted octanol–water partition coefficient (Wildman–Crippen LogP) is 2.08. The molecular formula is C16H25N3. The van der Waals surface area contributed by atoms with Gasteiger partial charge in [0.25, 0.3) is 0 Å². The Balaban J connectivity index is 1.52. The summed E-state index contributed by atoms with van der Waals surface area (Å²) in [5.41, 5.74) is 7.37. The molecule has 2 fully saturated rings. The zero-order valence-corrected chi connectivity index (χ0v) is 11.7. The van der Waals surface area contributed by atoms with E-state index in [0.29, 0.717) is 6.04 Å². The lowest BCUT2D eigenvalue weighted by Crippen LogP contribution is -2.51. The van der Waals surface area contributed by atoms with Crippen molar-refractivity contribution in [3.63, 3.8) is 0 Å². The van der Waals surface area contributed by atoms with Crippen LogP contribution in [-0.4, -0.2) is 43.2 Å². The molecular weight excluding hydrogens is 234 g/mol. The molecule has 1 aliphatic heterocycles. The van der Waals surface area contributed by atoms with E-state index >= 15 is 0 Å². The number of hydrogen-bond acceptors (Lipinski definition) is 3. The average molecular weight is 259 g/mol. The molecule has 0 atom stereocenters. The highest BCUT2D eigenvalue weighted by atomic mass is 15.3. The molecule has 1 saturated carbocycles. The van der Waals surface area contributed by atoms with Gasteiger partial charge in [0, 0.05) is 44.0 Å². The van der Waals surface area contributed by atoms with Crippen LogP contribution in [0.1, 0.15) is 25.7 Å². The molecule has 1 aliphatic carbocycles. The normalized spacial score (nSPS) is 29.4. The van der Waals surface area contributed by atoms with Gasteiger partial charge >= 0.3 is 0 Å². The van der Waals surface area contributed by atoms with Crippen molar-refractivity contribution >= 4 is 5.69 Å². The van der Waals surface area contributed by atoms with Crippen molar-refractivity contribution in [3.8, 4) is 0 Å². The van der Waals surface area contributed by atoms with Gasteiger partial charge in [0.15, 0.2) is 0 Å². The van der Waals surface area contributed by atoms with E-state index in [9.17, 15) is 0 Å². The molecule has 0 unspecified atom stereocenters. The van der Waals surface area contributed by atoms with Gasteiger partial charge in [-0.05, 0) is 37.8 Å². The molecule has 1 saturated heterocycles. The topological polar surface area (TPSA) is 32.5 Å². The summed E-state index contributed by atoms with van der Waals surface area (Å²) in [4.78, 5) is 5.19. The summed E-state index contributed by atoms with van der Waals surface area (Å²) < 4.78 is 0. The molecule has 1 aromatic carbocycles. The Morgan fingerprint density at radius 1 is 0.842 bits per heavy atom. The molecule has 3 rings (SSSR count). The maximum atomic E-state index is 6.00. The van der Waals surface area contributed by atoms with Gasteiger partial charge in [-0.15, -0.1) is 0 Å². The van der Waals surface area contributed by atoms with Crippen molar-refractivity contribution in [2.75, 3.05) is 31.1 Å². The zero-order chi connectivity index (χ0) is 13.1. The molecule has 0 amide bonds. The van der Waals surface area contributed by atoms with Gasteiger partial charge in [-0.3, -0.25) is 4.90 Å². The standard InChI is InChI=1S/C16H25N3/c17-14-6-8-16(9-7-14)19-12-10-18(11-13-19)15-4-2-1-3-5-15/h1-5,14,16H,6-13,17H2/t14-,16-. The van der Waals surface area contributed by atoms with Crippen molar-refractivity contribution in [2.24, 2.45) is 5.73 Å². The summed E-state index contributed by atoms with van der Waals surface area (Å²) in [5.74, 6) is 0. The van der Waals surface area contributed by atoms with Crippen molar-refractivity contribution in [1.82, 2.24) is 4.90 Å². The second kappa shape index (κ2) is 5.93. The van der Waals surface area contributed by atoms with Gasteiger partial charge in [-0.1, -0.05) is 18.2 Å². The largest absolute Gasteiger partial charge is 0.369 e. The minimum absolute atomic E-state index is 0.460. The summed E-state index contributed by atoms with van der Waals surface area (Å²) in [5, 5.41) is 0. The van der Waals surface area contributed by atoms with Crippen LogP contribution in [0, 0.1) is 0 Å². The van der Waals surface area contributed by atoms with Gasteiger partial charge < -0.3 is 10.6 Å². The third-order valence-corrected chi connectivity index (χ3v) is 4.69. The highest BCUT2D eigenvalue weighted by molar-refractivity contribution is 5.46. The van der Waals surface area contributed by atoms with Gasteiger partial charge in [0.2, 0.25) is 0 Å². The van der Waals surface area contributed by atoms with E-state index in [4.69, 9.17) is 5.73 Å². The number of piperazine rings is 1. The number of hydrogen-bond donors (Lipinski definition) is 1. The summed E-state index contributed by atoms with van der Waals surface area (Å²) in [7, 11) is 0. The highest BCUT2D eigenvalue weighted by Crippen LogP contribution is 2.24. The van der Waals surface area contributed by atoms with Gasteiger partial charge in [-0.25, -0.2) is 0 Å². The molecule has 19 heavy (non-hydrogen) atoms. The Labute approximate surface area is 116 Å². The third kappa shape index (κ3) is 3.10. The van der Waals surface area contributed by atoms with Crippen LogP contribution in [0.2, 0.25) is 0 Å². The summed E-state index contributed by atoms with van der Waals surface area (Å²) in [6, 6.07) is 12.0. The smallest absolute Gasteiger partial charge is 0.0367 e. The molecule has 3 heteroatoms. The van der Waals surface area contributed by atoms with E-state index in [1.54, 1.807) is 0 Å². The fourth-order valence-electron chi connectivity index (χ4n) is 3.45. The Hall–Kier alpha value is -1.06. The first-order chi connectivity index (χ1) is 9.33. The second-order valence-corrected chi connectivity index (χ2v) is 5.93. The number of nitrogens with two attached hydrogens (primary N) is 1. The van der Waals surface area contributed by atoms with E-state index in [-0.39, 0.29) is 0 Å². The first-order valence-electron chi connectivity index (χ1n) is 7.62. The van der Waals surface area contributed by atoms with Crippen LogP contribution < -0.4 is 10.6 Å². The lowest BCUT2D eigenvalue weighted by Gasteiger charge is -2.42. The highest BCUT2D eigenvalue weighted by Gasteiger charge is 2.27. The SMILES string of the molecule is N[C@H]1CC[C@H](N2CCN(c3ccccc3)CC2)CC1. The Morgan fingerprint density at radius 3 is 2.11 bits per heavy atom. The molecule has 1 aromatic rings. The molecule has 0 spiro atoms. The van der Waals surface area contributed by atoms with E-state index in [1.807, 2.05) is 0 Å².